The fraction of sp³-hybridized carbons (Fsp3) is 0. The van der Waals surface area contributed by atoms with Crippen LogP contribution in [0.2, 0.25) is 0 Å². The van der Waals surface area contributed by atoms with Crippen molar-refractivity contribution in [1.82, 2.24) is 25.0 Å². The van der Waals surface area contributed by atoms with E-state index in [1.54, 1.807) is 6.20 Å². The molecule has 0 aliphatic carbocycles. The third-order valence-electron chi connectivity index (χ3n) is 2.48. The summed E-state index contributed by atoms with van der Waals surface area (Å²) in [5.74, 6) is 0.919. The smallest absolute Gasteiger partial charge is 0.208 e. The summed E-state index contributed by atoms with van der Waals surface area (Å²) in [6.07, 6.45) is 3.22. The van der Waals surface area contributed by atoms with Crippen LogP contribution in [0.5, 0.6) is 0 Å². The number of benzene rings is 1. The molecular formula is C11H8N6S. The van der Waals surface area contributed by atoms with Gasteiger partial charge < -0.3 is 5.73 Å². The van der Waals surface area contributed by atoms with Gasteiger partial charge in [0.15, 0.2) is 5.82 Å². The van der Waals surface area contributed by atoms with E-state index in [-0.39, 0.29) is 4.99 Å². The molecule has 3 rings (SSSR count). The molecule has 0 saturated carbocycles. The van der Waals surface area contributed by atoms with E-state index in [0.717, 1.165) is 10.8 Å². The molecule has 0 unspecified atom stereocenters. The minimum Gasteiger partial charge on any atom is -0.387 e. The first-order valence-corrected chi connectivity index (χ1v) is 5.59. The molecule has 0 aliphatic rings. The van der Waals surface area contributed by atoms with Gasteiger partial charge in [0.25, 0.3) is 0 Å². The van der Waals surface area contributed by atoms with Crippen molar-refractivity contribution >= 4 is 28.0 Å². The Morgan fingerprint density at radius 2 is 2.11 bits per heavy atom. The Balaban J connectivity index is 2.21. The van der Waals surface area contributed by atoms with Gasteiger partial charge in [0.2, 0.25) is 5.82 Å². The van der Waals surface area contributed by atoms with Gasteiger partial charge in [-0.3, -0.25) is 0 Å². The van der Waals surface area contributed by atoms with Crippen LogP contribution in [0.25, 0.3) is 16.6 Å². The van der Waals surface area contributed by atoms with Crippen molar-refractivity contribution in [1.29, 1.82) is 0 Å². The van der Waals surface area contributed by atoms with Crippen LogP contribution in [-0.2, 0) is 0 Å². The van der Waals surface area contributed by atoms with Crippen LogP contribution in [0.1, 0.15) is 5.82 Å². The number of rotatable bonds is 2. The normalized spacial score (nSPS) is 10.7. The second-order valence-electron chi connectivity index (χ2n) is 3.63. The molecule has 18 heavy (non-hydrogen) atoms. The summed E-state index contributed by atoms with van der Waals surface area (Å²) in [5, 5.41) is 14.1. The second-order valence-corrected chi connectivity index (χ2v) is 4.07. The van der Waals surface area contributed by atoms with Crippen LogP contribution in [0, 0.1) is 0 Å². The van der Waals surface area contributed by atoms with Crippen LogP contribution < -0.4 is 5.73 Å². The van der Waals surface area contributed by atoms with Gasteiger partial charge in [-0.1, -0.05) is 36.5 Å². The standard InChI is InChI=1S/C11H8N6S/c12-9(18)10-13-6-17(16-10)11-8-4-2-1-3-7(8)5-14-15-11/h1-6H,(H2,12,18). The molecule has 0 saturated heterocycles. The van der Waals surface area contributed by atoms with E-state index in [9.17, 15) is 0 Å². The zero-order chi connectivity index (χ0) is 12.5. The number of nitrogens with two attached hydrogens (primary N) is 1. The molecule has 0 aliphatic heterocycles. The Morgan fingerprint density at radius 1 is 1.28 bits per heavy atom. The van der Waals surface area contributed by atoms with Crippen LogP contribution in [-0.4, -0.2) is 30.0 Å². The zero-order valence-corrected chi connectivity index (χ0v) is 10.0. The minimum absolute atomic E-state index is 0.155. The largest absolute Gasteiger partial charge is 0.387 e. The number of hydrogen-bond donors (Lipinski definition) is 1. The third kappa shape index (κ3) is 1.70. The third-order valence-corrected chi connectivity index (χ3v) is 2.66. The van der Waals surface area contributed by atoms with Crippen LogP contribution in [0.4, 0.5) is 0 Å². The van der Waals surface area contributed by atoms with Gasteiger partial charge in [-0.05, 0) is 0 Å². The van der Waals surface area contributed by atoms with Crippen molar-refractivity contribution in [2.45, 2.75) is 0 Å². The van der Waals surface area contributed by atoms with E-state index >= 15 is 0 Å². The van der Waals surface area contributed by atoms with Crippen molar-refractivity contribution in [3.8, 4) is 5.82 Å². The molecule has 1 aromatic carbocycles. The highest BCUT2D eigenvalue weighted by Crippen LogP contribution is 2.17. The first kappa shape index (κ1) is 10.7. The van der Waals surface area contributed by atoms with Crippen LogP contribution >= 0.6 is 12.2 Å². The molecule has 2 aromatic heterocycles. The van der Waals surface area contributed by atoms with Crippen LogP contribution in [0.15, 0.2) is 36.8 Å². The van der Waals surface area contributed by atoms with Gasteiger partial charge >= 0.3 is 0 Å². The second kappa shape index (κ2) is 4.11. The molecule has 0 amide bonds. The lowest BCUT2D eigenvalue weighted by Crippen LogP contribution is -2.12. The lowest BCUT2D eigenvalue weighted by molar-refractivity contribution is 0.822. The minimum atomic E-state index is 0.155. The summed E-state index contributed by atoms with van der Waals surface area (Å²) in [6.45, 7) is 0. The highest BCUT2D eigenvalue weighted by atomic mass is 32.1. The zero-order valence-electron chi connectivity index (χ0n) is 9.19. The topological polar surface area (TPSA) is 82.5 Å². The molecule has 88 valence electrons. The van der Waals surface area contributed by atoms with E-state index < -0.39 is 0 Å². The molecule has 3 aromatic rings. The van der Waals surface area contributed by atoms with Crippen molar-refractivity contribution in [2.75, 3.05) is 0 Å². The van der Waals surface area contributed by atoms with E-state index in [1.165, 1.54) is 11.0 Å². The Hall–Kier alpha value is -2.41. The Morgan fingerprint density at radius 3 is 2.89 bits per heavy atom. The van der Waals surface area contributed by atoms with Crippen molar-refractivity contribution in [2.24, 2.45) is 5.73 Å². The molecule has 6 nitrogen and oxygen atoms in total. The summed E-state index contributed by atoms with van der Waals surface area (Å²) in [7, 11) is 0. The number of nitrogens with zero attached hydrogens (tertiary/aromatic N) is 5. The molecule has 0 fully saturated rings. The van der Waals surface area contributed by atoms with Crippen LogP contribution in [0.3, 0.4) is 0 Å². The summed E-state index contributed by atoms with van der Waals surface area (Å²) in [6, 6.07) is 7.77. The Labute approximate surface area is 107 Å². The van der Waals surface area contributed by atoms with E-state index in [2.05, 4.69) is 20.3 Å². The maximum Gasteiger partial charge on any atom is 0.208 e. The predicted octanol–water partition coefficient (Wildman–Crippen LogP) is 0.845. The van der Waals surface area contributed by atoms with Gasteiger partial charge in [0.05, 0.1) is 6.20 Å². The molecule has 7 heteroatoms. The fourth-order valence-corrected chi connectivity index (χ4v) is 1.75. The quantitative estimate of drug-likeness (QED) is 0.684. The van der Waals surface area contributed by atoms with Gasteiger partial charge in [0.1, 0.15) is 11.3 Å². The lowest BCUT2D eigenvalue weighted by Gasteiger charge is -2.02. The first-order chi connectivity index (χ1) is 8.75. The fourth-order valence-electron chi connectivity index (χ4n) is 1.66. The van der Waals surface area contributed by atoms with Gasteiger partial charge in [-0.25, -0.2) is 4.98 Å². The lowest BCUT2D eigenvalue weighted by atomic mass is 10.2. The van der Waals surface area contributed by atoms with Gasteiger partial charge in [-0.15, -0.1) is 10.2 Å². The average Bonchev–Trinajstić information content (AvgIpc) is 2.87. The molecule has 0 radical (unpaired) electrons. The van der Waals surface area contributed by atoms with Gasteiger partial charge in [0, 0.05) is 10.8 Å². The molecule has 0 bridgehead atoms. The predicted molar refractivity (Wildman–Crippen MR) is 70.3 cm³/mol. The van der Waals surface area contributed by atoms with Crippen molar-refractivity contribution < 1.29 is 0 Å². The van der Waals surface area contributed by atoms with E-state index in [0.29, 0.717) is 11.6 Å². The van der Waals surface area contributed by atoms with Gasteiger partial charge in [-0.2, -0.15) is 9.78 Å². The number of thiocarbonyl (C=S) groups is 1. The van der Waals surface area contributed by atoms with E-state index in [1.807, 2.05) is 24.3 Å². The number of fused-ring (bicyclic) bond motifs is 1. The first-order valence-electron chi connectivity index (χ1n) is 5.18. The summed E-state index contributed by atoms with van der Waals surface area (Å²) in [4.78, 5) is 4.17. The number of aromatic nitrogens is 5. The van der Waals surface area contributed by atoms with Crippen molar-refractivity contribution in [3.05, 3.63) is 42.6 Å². The monoisotopic (exact) mass is 256 g/mol. The number of hydrogen-bond acceptors (Lipinski definition) is 5. The average molecular weight is 256 g/mol. The summed E-state index contributed by atoms with van der Waals surface area (Å²) in [5.41, 5.74) is 5.47. The Bertz CT molecular complexity index is 730. The Kier molecular flexibility index (Phi) is 2.45. The molecule has 2 N–H and O–H groups in total. The molecule has 2 heterocycles. The SMILES string of the molecule is NC(=S)c1ncn(-c2nncc3ccccc23)n1. The molecular weight excluding hydrogens is 248 g/mol. The molecule has 0 spiro atoms. The highest BCUT2D eigenvalue weighted by molar-refractivity contribution is 7.80. The summed E-state index contributed by atoms with van der Waals surface area (Å²) >= 11 is 4.82. The summed E-state index contributed by atoms with van der Waals surface area (Å²) < 4.78 is 1.52. The van der Waals surface area contributed by atoms with E-state index in [4.69, 9.17) is 18.0 Å². The maximum atomic E-state index is 5.47. The van der Waals surface area contributed by atoms with Crippen molar-refractivity contribution in [3.63, 3.8) is 0 Å². The highest BCUT2D eigenvalue weighted by Gasteiger charge is 2.09. The maximum absolute atomic E-state index is 5.47. The molecule has 0 atom stereocenters.